The molecule has 1 N–H and O–H groups in total. The van der Waals surface area contributed by atoms with Crippen molar-refractivity contribution in [2.45, 2.75) is 20.0 Å². The van der Waals surface area contributed by atoms with E-state index < -0.39 is 5.82 Å². The molecular formula is C26H23ClFNO3. The van der Waals surface area contributed by atoms with Gasteiger partial charge in [-0.15, -0.1) is 0 Å². The second-order valence-electron chi connectivity index (χ2n) is 7.59. The second-order valence-corrected chi connectivity index (χ2v) is 8.02. The molecule has 32 heavy (non-hydrogen) atoms. The summed E-state index contributed by atoms with van der Waals surface area (Å²) < 4.78 is 25.2. The predicted octanol–water partition coefficient (Wildman–Crippen LogP) is 6.29. The van der Waals surface area contributed by atoms with Crippen molar-refractivity contribution < 1.29 is 18.7 Å². The Morgan fingerprint density at radius 2 is 1.88 bits per heavy atom. The Hall–Kier alpha value is -3.15. The quantitative estimate of drug-likeness (QED) is 0.240. The minimum Gasteiger partial charge on any atom is -0.491 e. The van der Waals surface area contributed by atoms with Crippen LogP contribution in [0.25, 0.3) is 10.9 Å². The summed E-state index contributed by atoms with van der Waals surface area (Å²) in [5.74, 6) is -0.179. The lowest BCUT2D eigenvalue weighted by atomic mass is 10.0. The van der Waals surface area contributed by atoms with Crippen molar-refractivity contribution >= 4 is 28.3 Å². The van der Waals surface area contributed by atoms with Crippen molar-refractivity contribution in [2.24, 2.45) is 0 Å². The number of ketones is 1. The highest BCUT2D eigenvalue weighted by Gasteiger charge is 2.17. The standard InChI is InChI=1S/C26H23ClFNO3/c1-17-11-20(27)13-22-23(15-29-26(17)22)24(30)12-19-7-8-21(28)14-25(19)32-10-9-31-16-18-5-3-2-4-6-18/h2-8,11,13-15,29H,9-10,12,16H2,1H3. The van der Waals surface area contributed by atoms with Crippen LogP contribution in [0.2, 0.25) is 5.02 Å². The molecule has 0 unspecified atom stereocenters. The van der Waals surface area contributed by atoms with Crippen molar-refractivity contribution in [1.29, 1.82) is 0 Å². The molecule has 6 heteroatoms. The number of fused-ring (bicyclic) bond motifs is 1. The van der Waals surface area contributed by atoms with Gasteiger partial charge >= 0.3 is 0 Å². The highest BCUT2D eigenvalue weighted by atomic mass is 35.5. The Labute approximate surface area is 190 Å². The van der Waals surface area contributed by atoms with Crippen molar-refractivity contribution in [1.82, 2.24) is 4.98 Å². The fraction of sp³-hybridized carbons (Fsp3) is 0.192. The molecule has 0 bridgehead atoms. The lowest BCUT2D eigenvalue weighted by molar-refractivity contribution is 0.0882. The molecule has 0 saturated heterocycles. The first kappa shape index (κ1) is 22.1. The zero-order chi connectivity index (χ0) is 22.5. The molecule has 3 aromatic carbocycles. The van der Waals surface area contributed by atoms with Gasteiger partial charge in [-0.2, -0.15) is 0 Å². The summed E-state index contributed by atoms with van der Waals surface area (Å²) in [6, 6.07) is 17.7. The van der Waals surface area contributed by atoms with Crippen LogP contribution >= 0.6 is 11.6 Å². The third-order valence-electron chi connectivity index (χ3n) is 5.23. The molecule has 0 amide bonds. The molecule has 0 atom stereocenters. The normalized spacial score (nSPS) is 11.1. The van der Waals surface area contributed by atoms with E-state index >= 15 is 0 Å². The van der Waals surface area contributed by atoms with Gasteiger partial charge in [-0.05, 0) is 36.2 Å². The van der Waals surface area contributed by atoms with Crippen molar-refractivity contribution in [3.8, 4) is 5.75 Å². The predicted molar refractivity (Wildman–Crippen MR) is 124 cm³/mol. The van der Waals surface area contributed by atoms with Gasteiger partial charge in [0.1, 0.15) is 18.2 Å². The number of H-pyrrole nitrogens is 1. The highest BCUT2D eigenvalue weighted by Crippen LogP contribution is 2.28. The SMILES string of the molecule is Cc1cc(Cl)cc2c(C(=O)Cc3ccc(F)cc3OCCOCc3ccccc3)c[nH]c12. The van der Waals surface area contributed by atoms with Crippen LogP contribution in [-0.2, 0) is 17.8 Å². The Balaban J connectivity index is 1.42. The van der Waals surface area contributed by atoms with Crippen molar-refractivity contribution in [2.75, 3.05) is 13.2 Å². The smallest absolute Gasteiger partial charge is 0.169 e. The Bertz CT molecular complexity index is 1240. The largest absolute Gasteiger partial charge is 0.491 e. The summed E-state index contributed by atoms with van der Waals surface area (Å²) in [6.07, 6.45) is 1.77. The Morgan fingerprint density at radius 3 is 2.69 bits per heavy atom. The van der Waals surface area contributed by atoms with Crippen LogP contribution in [0.5, 0.6) is 5.75 Å². The first-order valence-electron chi connectivity index (χ1n) is 10.3. The molecule has 4 aromatic rings. The van der Waals surface area contributed by atoms with Crippen LogP contribution < -0.4 is 4.74 Å². The first-order chi connectivity index (χ1) is 15.5. The minimum absolute atomic E-state index is 0.0823. The van der Waals surface area contributed by atoms with Crippen LogP contribution in [0.3, 0.4) is 0 Å². The fourth-order valence-electron chi connectivity index (χ4n) is 3.65. The van der Waals surface area contributed by atoms with E-state index in [1.165, 1.54) is 12.1 Å². The number of halogens is 2. The van der Waals surface area contributed by atoms with Crippen molar-refractivity contribution in [3.05, 3.63) is 100.0 Å². The van der Waals surface area contributed by atoms with Gasteiger partial charge in [0.15, 0.2) is 5.78 Å². The van der Waals surface area contributed by atoms with Gasteiger partial charge in [0.25, 0.3) is 0 Å². The number of nitrogens with one attached hydrogen (secondary N) is 1. The third-order valence-corrected chi connectivity index (χ3v) is 5.45. The maximum atomic E-state index is 13.8. The summed E-state index contributed by atoms with van der Waals surface area (Å²) in [6.45, 7) is 3.00. The molecule has 4 rings (SSSR count). The van der Waals surface area contributed by atoms with E-state index in [-0.39, 0.29) is 18.8 Å². The first-order valence-corrected chi connectivity index (χ1v) is 10.7. The maximum absolute atomic E-state index is 13.8. The molecule has 0 radical (unpaired) electrons. The number of aromatic nitrogens is 1. The lowest BCUT2D eigenvalue weighted by Crippen LogP contribution is -2.10. The van der Waals surface area contributed by atoms with E-state index in [2.05, 4.69) is 4.98 Å². The number of Topliss-reactive ketones (excluding diaryl/α,β-unsaturated/α-hetero) is 1. The lowest BCUT2D eigenvalue weighted by Gasteiger charge is -2.12. The maximum Gasteiger partial charge on any atom is 0.169 e. The van der Waals surface area contributed by atoms with E-state index in [1.54, 1.807) is 18.3 Å². The van der Waals surface area contributed by atoms with Gasteiger partial charge in [0, 0.05) is 45.7 Å². The number of hydrogen-bond donors (Lipinski definition) is 1. The molecule has 0 aliphatic carbocycles. The van der Waals surface area contributed by atoms with E-state index in [1.807, 2.05) is 43.3 Å². The van der Waals surface area contributed by atoms with Crippen LogP contribution in [0, 0.1) is 12.7 Å². The third kappa shape index (κ3) is 5.18. The van der Waals surface area contributed by atoms with Crippen LogP contribution in [0.4, 0.5) is 4.39 Å². The van der Waals surface area contributed by atoms with E-state index in [9.17, 15) is 9.18 Å². The van der Waals surface area contributed by atoms with Gasteiger partial charge in [-0.25, -0.2) is 4.39 Å². The van der Waals surface area contributed by atoms with Crippen LogP contribution in [0.15, 0.2) is 66.9 Å². The average molecular weight is 452 g/mol. The number of ether oxygens (including phenoxy) is 2. The molecule has 1 heterocycles. The zero-order valence-electron chi connectivity index (χ0n) is 17.7. The topological polar surface area (TPSA) is 51.3 Å². The summed E-state index contributed by atoms with van der Waals surface area (Å²) in [5, 5.41) is 1.35. The minimum atomic E-state index is -0.420. The number of aryl methyl sites for hydroxylation is 1. The molecule has 1 aromatic heterocycles. The molecule has 0 saturated carbocycles. The van der Waals surface area contributed by atoms with E-state index in [0.717, 1.165) is 22.0 Å². The Kier molecular flexibility index (Phi) is 6.88. The molecule has 0 fully saturated rings. The van der Waals surface area contributed by atoms with Gasteiger partial charge < -0.3 is 14.5 Å². The van der Waals surface area contributed by atoms with Crippen LogP contribution in [0.1, 0.15) is 27.0 Å². The summed E-state index contributed by atoms with van der Waals surface area (Å²) >= 11 is 6.18. The molecule has 0 spiro atoms. The molecule has 0 aliphatic rings. The van der Waals surface area contributed by atoms with Gasteiger partial charge in [0.05, 0.1) is 13.2 Å². The highest BCUT2D eigenvalue weighted by molar-refractivity contribution is 6.31. The monoisotopic (exact) mass is 451 g/mol. The van der Waals surface area contributed by atoms with Crippen LogP contribution in [-0.4, -0.2) is 24.0 Å². The van der Waals surface area contributed by atoms with Crippen molar-refractivity contribution in [3.63, 3.8) is 0 Å². The van der Waals surface area contributed by atoms with E-state index in [0.29, 0.717) is 35.1 Å². The molecule has 0 aliphatic heterocycles. The number of carbonyl (C=O) groups is 1. The average Bonchev–Trinajstić information content (AvgIpc) is 3.20. The van der Waals surface area contributed by atoms with E-state index in [4.69, 9.17) is 21.1 Å². The van der Waals surface area contributed by atoms with Gasteiger partial charge in [-0.3, -0.25) is 4.79 Å². The fourth-order valence-corrected chi connectivity index (χ4v) is 3.92. The number of rotatable bonds is 9. The number of hydrogen-bond acceptors (Lipinski definition) is 3. The molecular weight excluding hydrogens is 429 g/mol. The number of carbonyl (C=O) groups excluding carboxylic acids is 1. The second kappa shape index (κ2) is 9.98. The molecule has 164 valence electrons. The zero-order valence-corrected chi connectivity index (χ0v) is 18.4. The van der Waals surface area contributed by atoms with Gasteiger partial charge in [-0.1, -0.05) is 48.0 Å². The summed E-state index contributed by atoms with van der Waals surface area (Å²) in [5.41, 5.74) is 4.08. The Morgan fingerprint density at radius 1 is 1.06 bits per heavy atom. The molecule has 4 nitrogen and oxygen atoms in total. The summed E-state index contributed by atoms with van der Waals surface area (Å²) in [4.78, 5) is 16.2. The summed E-state index contributed by atoms with van der Waals surface area (Å²) in [7, 11) is 0. The number of benzene rings is 3. The van der Waals surface area contributed by atoms with Gasteiger partial charge in [0.2, 0.25) is 0 Å². The number of aromatic amines is 1.